The van der Waals surface area contributed by atoms with Crippen LogP contribution in [-0.4, -0.2) is 67.4 Å². The maximum atomic E-state index is 12.6. The summed E-state index contributed by atoms with van der Waals surface area (Å²) in [4.78, 5) is 25.3. The number of hydrogen-bond acceptors (Lipinski definition) is 6. The van der Waals surface area contributed by atoms with Gasteiger partial charge < -0.3 is 15.0 Å². The molecule has 0 amide bonds. The van der Waals surface area contributed by atoms with Crippen molar-refractivity contribution in [2.24, 2.45) is 0 Å². The smallest absolute Gasteiger partial charge is 0.255 e. The summed E-state index contributed by atoms with van der Waals surface area (Å²) in [5.74, 6) is 0.772. The number of aromatic nitrogens is 2. The first kappa shape index (κ1) is 22.8. The van der Waals surface area contributed by atoms with Crippen LogP contribution in [0.4, 0.5) is 11.6 Å². The number of benzene rings is 1. The van der Waals surface area contributed by atoms with Crippen LogP contribution in [0, 0.1) is 0 Å². The second kappa shape index (κ2) is 9.78. The van der Waals surface area contributed by atoms with E-state index in [-0.39, 0.29) is 11.0 Å². The third-order valence-electron chi connectivity index (χ3n) is 8.46. The van der Waals surface area contributed by atoms with Gasteiger partial charge >= 0.3 is 0 Å². The van der Waals surface area contributed by atoms with Crippen molar-refractivity contribution in [1.82, 2.24) is 14.9 Å². The average molecular weight is 476 g/mol. The number of H-pyrrole nitrogens is 1. The Hall–Kier alpha value is -2.64. The third kappa shape index (κ3) is 4.64. The highest BCUT2D eigenvalue weighted by Crippen LogP contribution is 2.44. The minimum atomic E-state index is 0.0726. The molecule has 0 unspecified atom stereocenters. The Morgan fingerprint density at radius 3 is 2.77 bits per heavy atom. The summed E-state index contributed by atoms with van der Waals surface area (Å²) in [6, 6.07) is 6.92. The van der Waals surface area contributed by atoms with E-state index in [9.17, 15) is 4.79 Å². The van der Waals surface area contributed by atoms with E-state index in [0.29, 0.717) is 0 Å². The average Bonchev–Trinajstić information content (AvgIpc) is 3.25. The normalized spacial score (nSPS) is 21.8. The number of anilines is 2. The summed E-state index contributed by atoms with van der Waals surface area (Å²) in [5.41, 5.74) is 6.19. The summed E-state index contributed by atoms with van der Waals surface area (Å²) < 4.78 is 5.43. The van der Waals surface area contributed by atoms with Crippen LogP contribution in [0.5, 0.6) is 0 Å². The zero-order chi connectivity index (χ0) is 23.7. The minimum Gasteiger partial charge on any atom is -0.384 e. The lowest BCUT2D eigenvalue weighted by Gasteiger charge is -2.39. The molecule has 0 bridgehead atoms. The lowest BCUT2D eigenvalue weighted by Crippen LogP contribution is -2.45. The van der Waals surface area contributed by atoms with Crippen molar-refractivity contribution in [3.63, 3.8) is 0 Å². The first-order valence-corrected chi connectivity index (χ1v) is 13.4. The van der Waals surface area contributed by atoms with Gasteiger partial charge in [-0.3, -0.25) is 14.7 Å². The number of fused-ring (bicyclic) bond motifs is 3. The SMILES string of the molecule is O=c1[nH]c(N2CCC3(CC2)CNc2cc(/C=C/CCN4CCOCC4)ccc23)nc2c1CCCC2. The van der Waals surface area contributed by atoms with Crippen LogP contribution in [-0.2, 0) is 23.0 Å². The first-order valence-electron chi connectivity index (χ1n) is 13.4. The van der Waals surface area contributed by atoms with E-state index in [1.807, 2.05) is 0 Å². The molecule has 7 heteroatoms. The number of rotatable bonds is 5. The number of nitrogens with one attached hydrogen (secondary N) is 2. The molecule has 0 radical (unpaired) electrons. The van der Waals surface area contributed by atoms with Crippen LogP contribution < -0.4 is 15.8 Å². The zero-order valence-corrected chi connectivity index (χ0v) is 20.7. The standard InChI is InChI=1S/C28H37N5O2/c34-26-22-6-1-2-7-24(22)30-27(31-26)33-13-10-28(11-14-33)20-29-25-19-21(8-9-23(25)28)5-3-4-12-32-15-17-35-18-16-32/h3,5,8-9,19,29H,1-2,4,6-7,10-18,20H2,(H,30,31,34)/b5-3+. The molecule has 2 aromatic rings. The molecule has 1 aromatic heterocycles. The Morgan fingerprint density at radius 2 is 1.91 bits per heavy atom. The Kier molecular flexibility index (Phi) is 6.37. The molecule has 0 atom stereocenters. The van der Waals surface area contributed by atoms with E-state index in [0.717, 1.165) is 115 Å². The lowest BCUT2D eigenvalue weighted by atomic mass is 9.74. The lowest BCUT2D eigenvalue weighted by molar-refractivity contribution is 0.0387. The molecular weight excluding hydrogens is 438 g/mol. The minimum absolute atomic E-state index is 0.0726. The molecule has 6 rings (SSSR count). The van der Waals surface area contributed by atoms with Crippen molar-refractivity contribution in [1.29, 1.82) is 0 Å². The second-order valence-corrected chi connectivity index (χ2v) is 10.6. The van der Waals surface area contributed by atoms with Gasteiger partial charge in [0.2, 0.25) is 5.95 Å². The van der Waals surface area contributed by atoms with Crippen LogP contribution in [0.2, 0.25) is 0 Å². The van der Waals surface area contributed by atoms with E-state index < -0.39 is 0 Å². The van der Waals surface area contributed by atoms with E-state index >= 15 is 0 Å². The molecule has 2 saturated heterocycles. The number of nitrogens with zero attached hydrogens (tertiary/aromatic N) is 3. The molecule has 1 aromatic carbocycles. The molecule has 4 aliphatic rings. The van der Waals surface area contributed by atoms with Gasteiger partial charge in [0, 0.05) is 55.9 Å². The van der Waals surface area contributed by atoms with Crippen LogP contribution in [0.25, 0.3) is 6.08 Å². The summed E-state index contributed by atoms with van der Waals surface area (Å²) in [6.45, 7) is 7.77. The molecule has 2 fully saturated rings. The zero-order valence-electron chi connectivity index (χ0n) is 20.7. The van der Waals surface area contributed by atoms with Gasteiger partial charge in [-0.25, -0.2) is 4.98 Å². The van der Waals surface area contributed by atoms with Crippen molar-refractivity contribution < 1.29 is 4.74 Å². The fourth-order valence-corrected chi connectivity index (χ4v) is 6.27. The maximum absolute atomic E-state index is 12.6. The molecule has 186 valence electrons. The topological polar surface area (TPSA) is 73.5 Å². The largest absolute Gasteiger partial charge is 0.384 e. The predicted octanol–water partition coefficient (Wildman–Crippen LogP) is 3.35. The van der Waals surface area contributed by atoms with Crippen molar-refractivity contribution in [3.8, 4) is 0 Å². The predicted molar refractivity (Wildman–Crippen MR) is 140 cm³/mol. The molecule has 4 heterocycles. The number of hydrogen-bond donors (Lipinski definition) is 2. The van der Waals surface area contributed by atoms with Crippen LogP contribution >= 0.6 is 0 Å². The fraction of sp³-hybridized carbons (Fsp3) is 0.571. The highest BCUT2D eigenvalue weighted by Gasteiger charge is 2.41. The van der Waals surface area contributed by atoms with E-state index in [1.165, 1.54) is 16.8 Å². The molecule has 7 nitrogen and oxygen atoms in total. The number of morpholine rings is 1. The van der Waals surface area contributed by atoms with Crippen LogP contribution in [0.1, 0.15) is 54.5 Å². The Labute approximate surface area is 207 Å². The monoisotopic (exact) mass is 475 g/mol. The van der Waals surface area contributed by atoms with E-state index in [4.69, 9.17) is 9.72 Å². The van der Waals surface area contributed by atoms with E-state index in [1.54, 1.807) is 0 Å². The first-order chi connectivity index (χ1) is 17.2. The molecule has 0 saturated carbocycles. The highest BCUT2D eigenvalue weighted by molar-refractivity contribution is 5.66. The fourth-order valence-electron chi connectivity index (χ4n) is 6.27. The number of aromatic amines is 1. The van der Waals surface area contributed by atoms with Gasteiger partial charge in [0.1, 0.15) is 0 Å². The Bertz CT molecular complexity index is 1140. The van der Waals surface area contributed by atoms with Gasteiger partial charge in [-0.1, -0.05) is 24.3 Å². The summed E-state index contributed by atoms with van der Waals surface area (Å²) in [7, 11) is 0. The summed E-state index contributed by atoms with van der Waals surface area (Å²) >= 11 is 0. The maximum Gasteiger partial charge on any atom is 0.255 e. The Morgan fingerprint density at radius 1 is 1.09 bits per heavy atom. The molecule has 1 aliphatic carbocycles. The molecule has 35 heavy (non-hydrogen) atoms. The van der Waals surface area contributed by atoms with Crippen molar-refractivity contribution in [2.45, 2.75) is 50.4 Å². The number of aryl methyl sites for hydroxylation is 1. The van der Waals surface area contributed by atoms with Gasteiger partial charge in [0.25, 0.3) is 5.56 Å². The van der Waals surface area contributed by atoms with Gasteiger partial charge in [0.05, 0.1) is 18.9 Å². The molecule has 1 spiro atoms. The van der Waals surface area contributed by atoms with Gasteiger partial charge in [-0.2, -0.15) is 0 Å². The van der Waals surface area contributed by atoms with Crippen molar-refractivity contribution in [3.05, 3.63) is 57.0 Å². The van der Waals surface area contributed by atoms with Crippen molar-refractivity contribution >= 4 is 17.7 Å². The van der Waals surface area contributed by atoms with Crippen molar-refractivity contribution in [2.75, 3.05) is 62.7 Å². The Balaban J connectivity index is 1.09. The van der Waals surface area contributed by atoms with Crippen LogP contribution in [0.15, 0.2) is 29.1 Å². The number of piperidine rings is 1. The van der Waals surface area contributed by atoms with E-state index in [2.05, 4.69) is 50.5 Å². The molecule has 2 N–H and O–H groups in total. The summed E-state index contributed by atoms with van der Waals surface area (Å²) in [6.07, 6.45) is 11.8. The third-order valence-corrected chi connectivity index (χ3v) is 8.46. The molecule has 3 aliphatic heterocycles. The summed E-state index contributed by atoms with van der Waals surface area (Å²) in [5, 5.41) is 3.70. The van der Waals surface area contributed by atoms with Gasteiger partial charge in [-0.15, -0.1) is 0 Å². The van der Waals surface area contributed by atoms with Crippen LogP contribution in [0.3, 0.4) is 0 Å². The second-order valence-electron chi connectivity index (χ2n) is 10.6. The van der Waals surface area contributed by atoms with Gasteiger partial charge in [-0.05, 0) is 62.1 Å². The van der Waals surface area contributed by atoms with Gasteiger partial charge in [0.15, 0.2) is 0 Å². The quantitative estimate of drug-likeness (QED) is 0.691. The molecular formula is C28H37N5O2. The highest BCUT2D eigenvalue weighted by atomic mass is 16.5. The number of ether oxygens (including phenoxy) is 1.